The van der Waals surface area contributed by atoms with Crippen molar-refractivity contribution in [2.24, 2.45) is 0 Å². The van der Waals surface area contributed by atoms with Gasteiger partial charge in [0, 0.05) is 38.2 Å². The maximum absolute atomic E-state index is 13.1. The molecule has 3 aromatic carbocycles. The zero-order valence-electron chi connectivity index (χ0n) is 16.1. The van der Waals surface area contributed by atoms with Crippen molar-refractivity contribution in [3.05, 3.63) is 81.4 Å². The van der Waals surface area contributed by atoms with Gasteiger partial charge in [-0.2, -0.15) is 0 Å². The third-order valence-electron chi connectivity index (χ3n) is 4.25. The molecule has 0 aliphatic carbocycles. The van der Waals surface area contributed by atoms with Crippen LogP contribution in [0.1, 0.15) is 19.8 Å². The van der Waals surface area contributed by atoms with E-state index in [0.29, 0.717) is 12.8 Å². The molecule has 0 aliphatic heterocycles. The Kier molecular flexibility index (Phi) is 9.38. The molecule has 0 heterocycles. The third-order valence-corrected chi connectivity index (χ3v) is 12.1. The molecule has 0 N–H and O–H groups in total. The summed E-state index contributed by atoms with van der Waals surface area (Å²) in [5, 5.41) is 0. The molecule has 0 saturated heterocycles. The van der Waals surface area contributed by atoms with Crippen molar-refractivity contribution >= 4 is 112 Å². The van der Waals surface area contributed by atoms with Crippen LogP contribution in [0.2, 0.25) is 0 Å². The molecule has 0 saturated carbocycles. The third kappa shape index (κ3) is 5.54. The first kappa shape index (κ1) is 26.0. The minimum Gasteiger partial charge on any atom is -0.402 e. The lowest BCUT2D eigenvalue weighted by molar-refractivity contribution is -0.133. The Morgan fingerprint density at radius 2 is 1.19 bits per heavy atom. The largest absolute Gasteiger partial charge is 0.402 e. The topological polar surface area (TPSA) is 26.3 Å². The second kappa shape index (κ2) is 11.2. The second-order valence-electron chi connectivity index (χ2n) is 6.47. The van der Waals surface area contributed by atoms with E-state index in [-0.39, 0.29) is 5.97 Å². The van der Waals surface area contributed by atoms with Crippen LogP contribution in [-0.4, -0.2) is 5.97 Å². The Hall–Kier alpha value is 0.360. The van der Waals surface area contributed by atoms with Gasteiger partial charge in [0.05, 0.1) is 9.79 Å². The van der Waals surface area contributed by atoms with Crippen LogP contribution in [0.4, 0.5) is 0 Å². The predicted octanol–water partition coefficient (Wildman–Crippen LogP) is 10.8. The zero-order chi connectivity index (χ0) is 22.8. The van der Waals surface area contributed by atoms with Gasteiger partial charge in [0.25, 0.3) is 0 Å². The molecule has 0 spiro atoms. The number of carbonyl (C=O) groups excluding carboxylic acids is 1. The number of benzene rings is 3. The maximum Gasteiger partial charge on any atom is 0.317 e. The molecule has 3 rings (SSSR count). The van der Waals surface area contributed by atoms with Gasteiger partial charge in [0.1, 0.15) is 0 Å². The summed E-state index contributed by atoms with van der Waals surface area (Å²) >= 11 is 22.1. The van der Waals surface area contributed by atoms with Gasteiger partial charge >= 0.3 is 5.97 Å². The van der Waals surface area contributed by atoms with Crippen LogP contribution in [0, 0.1) is 0 Å². The highest BCUT2D eigenvalue weighted by atomic mass is 79.9. The van der Waals surface area contributed by atoms with E-state index < -0.39 is 10.3 Å². The monoisotopic (exact) mass is 818 g/mol. The summed E-state index contributed by atoms with van der Waals surface area (Å²) in [5.74, 6) is -0.246. The van der Waals surface area contributed by atoms with Crippen molar-refractivity contribution in [2.75, 3.05) is 0 Å². The lowest BCUT2D eigenvalue weighted by Crippen LogP contribution is -2.15. The Morgan fingerprint density at radius 1 is 0.774 bits per heavy atom. The highest BCUT2D eigenvalue weighted by molar-refractivity contribution is 9.12. The first-order valence-electron chi connectivity index (χ1n) is 9.10. The van der Waals surface area contributed by atoms with Crippen molar-refractivity contribution < 1.29 is 8.98 Å². The first-order chi connectivity index (χ1) is 14.7. The fourth-order valence-corrected chi connectivity index (χ4v) is 13.5. The fourth-order valence-electron chi connectivity index (χ4n) is 3.07. The number of hydrogen-bond donors (Lipinski definition) is 0. The van der Waals surface area contributed by atoms with Crippen molar-refractivity contribution in [1.82, 2.24) is 0 Å². The Labute approximate surface area is 234 Å². The van der Waals surface area contributed by atoms with Crippen molar-refractivity contribution in [3.63, 3.8) is 0 Å². The molecular formula is C22H16Br6O2S. The minimum absolute atomic E-state index is 0.246. The summed E-state index contributed by atoms with van der Waals surface area (Å²) < 4.78 is 11.7. The van der Waals surface area contributed by atoms with Gasteiger partial charge in [-0.1, -0.05) is 57.0 Å². The summed E-state index contributed by atoms with van der Waals surface area (Å²) in [7, 11) is -2.49. The fraction of sp³-hybridized carbons (Fsp3) is 0.136. The normalized spacial score (nSPS) is 12.0. The first-order valence-corrected chi connectivity index (χ1v) is 15.4. The minimum atomic E-state index is -2.49. The smallest absolute Gasteiger partial charge is 0.317 e. The second-order valence-corrected chi connectivity index (χ2v) is 14.3. The molecule has 2 nitrogen and oxygen atoms in total. The number of carbonyl (C=O) groups is 1. The maximum atomic E-state index is 13.1. The van der Waals surface area contributed by atoms with Gasteiger partial charge in [-0.3, -0.25) is 4.79 Å². The number of hydrogen-bond acceptors (Lipinski definition) is 2. The Balaban J connectivity index is 2.52. The van der Waals surface area contributed by atoms with E-state index in [1.165, 1.54) is 0 Å². The SMILES string of the molecule is CCCC(=O)OS(c1ccccc1)(c1c(Br)cc(Br)cc1Br)c1c(Br)cc(Br)cc1Br. The molecule has 0 radical (unpaired) electrons. The van der Waals surface area contributed by atoms with Crippen molar-refractivity contribution in [1.29, 1.82) is 0 Å². The molecule has 164 valence electrons. The highest BCUT2D eigenvalue weighted by Crippen LogP contribution is 2.74. The van der Waals surface area contributed by atoms with Crippen LogP contribution >= 0.6 is 106 Å². The van der Waals surface area contributed by atoms with Crippen LogP contribution in [0.15, 0.2) is 96.1 Å². The number of rotatable bonds is 6. The summed E-state index contributed by atoms with van der Waals surface area (Å²) in [6.45, 7) is 1.97. The van der Waals surface area contributed by atoms with Crippen LogP contribution in [0.3, 0.4) is 0 Å². The van der Waals surface area contributed by atoms with E-state index in [9.17, 15) is 4.79 Å². The van der Waals surface area contributed by atoms with Gasteiger partial charge in [0.2, 0.25) is 0 Å². The Bertz CT molecular complexity index is 1020. The van der Waals surface area contributed by atoms with E-state index in [2.05, 4.69) is 95.6 Å². The molecule has 0 bridgehead atoms. The molecule has 9 heteroatoms. The van der Waals surface area contributed by atoms with E-state index in [0.717, 1.165) is 41.5 Å². The lowest BCUT2D eigenvalue weighted by Gasteiger charge is -2.42. The summed E-state index contributed by atoms with van der Waals surface area (Å²) in [4.78, 5) is 15.7. The number of halogens is 6. The molecule has 31 heavy (non-hydrogen) atoms. The highest BCUT2D eigenvalue weighted by Gasteiger charge is 2.41. The molecule has 0 atom stereocenters. The van der Waals surface area contributed by atoms with Crippen LogP contribution < -0.4 is 0 Å². The summed E-state index contributed by atoms with van der Waals surface area (Å²) in [6, 6.07) is 17.8. The summed E-state index contributed by atoms with van der Waals surface area (Å²) in [6.07, 6.45) is 1.04. The van der Waals surface area contributed by atoms with E-state index >= 15 is 0 Å². The van der Waals surface area contributed by atoms with Crippen molar-refractivity contribution in [2.45, 2.75) is 34.5 Å². The molecule has 0 amide bonds. The molecule has 0 aromatic heterocycles. The average Bonchev–Trinajstić information content (AvgIpc) is 2.67. The van der Waals surface area contributed by atoms with Gasteiger partial charge in [-0.25, -0.2) is 0 Å². The Morgan fingerprint density at radius 3 is 1.58 bits per heavy atom. The van der Waals surface area contributed by atoms with E-state index in [4.69, 9.17) is 4.18 Å². The predicted molar refractivity (Wildman–Crippen MR) is 149 cm³/mol. The molecule has 3 aromatic rings. The lowest BCUT2D eigenvalue weighted by atomic mass is 10.3. The van der Waals surface area contributed by atoms with E-state index in [1.54, 1.807) is 0 Å². The van der Waals surface area contributed by atoms with Gasteiger partial charge < -0.3 is 4.18 Å². The van der Waals surface area contributed by atoms with Gasteiger partial charge in [-0.05, 0) is 117 Å². The quantitative estimate of drug-likeness (QED) is 0.248. The van der Waals surface area contributed by atoms with Crippen LogP contribution in [0.25, 0.3) is 0 Å². The van der Waals surface area contributed by atoms with Crippen LogP contribution in [0.5, 0.6) is 0 Å². The zero-order valence-corrected chi connectivity index (χ0v) is 26.4. The van der Waals surface area contributed by atoms with Gasteiger partial charge in [0.15, 0.2) is 0 Å². The standard InChI is InChI=1S/C22H16Br6O2S/c1-2-6-20(29)30-31(15-7-4-3-5-8-15,21-16(25)9-13(23)10-17(21)26)22-18(27)11-14(24)12-19(22)28/h3-5,7-12H,2,6H2,1H3. The van der Waals surface area contributed by atoms with Crippen LogP contribution in [-0.2, 0) is 8.98 Å². The van der Waals surface area contributed by atoms with Gasteiger partial charge in [-0.15, -0.1) is 0 Å². The molecule has 0 fully saturated rings. The van der Waals surface area contributed by atoms with Crippen molar-refractivity contribution in [3.8, 4) is 0 Å². The molecule has 0 unspecified atom stereocenters. The average molecular weight is 824 g/mol. The van der Waals surface area contributed by atoms with E-state index in [1.807, 2.05) is 61.5 Å². The molecule has 0 aliphatic rings. The summed E-state index contributed by atoms with van der Waals surface area (Å²) in [5.41, 5.74) is 0. The molecular weight excluding hydrogens is 808 g/mol.